The van der Waals surface area contributed by atoms with Crippen molar-refractivity contribution in [2.24, 2.45) is 0 Å². The van der Waals surface area contributed by atoms with E-state index in [2.05, 4.69) is 15.0 Å². The predicted molar refractivity (Wildman–Crippen MR) is 64.2 cm³/mol. The Kier molecular flexibility index (Phi) is 2.90. The van der Waals surface area contributed by atoms with Gasteiger partial charge in [0.1, 0.15) is 11.7 Å². The molecule has 2 aromatic rings. The number of imidazole rings is 1. The first-order valence-electron chi connectivity index (χ1n) is 5.43. The van der Waals surface area contributed by atoms with Crippen LogP contribution in [0.1, 0.15) is 25.5 Å². The average molecular weight is 273 g/mol. The van der Waals surface area contributed by atoms with E-state index in [1.54, 1.807) is 6.33 Å². The minimum atomic E-state index is -0.0317. The second-order valence-corrected chi connectivity index (χ2v) is 4.62. The molecule has 0 aromatic carbocycles. The molecule has 0 saturated carbocycles. The van der Waals surface area contributed by atoms with Crippen LogP contribution in [0.15, 0.2) is 6.33 Å². The van der Waals surface area contributed by atoms with Crippen LogP contribution in [0.4, 0.5) is 0 Å². The van der Waals surface area contributed by atoms with Crippen LogP contribution in [0, 0.1) is 0 Å². The molecule has 2 aromatic heterocycles. The number of hydrogen-bond acceptors (Lipinski definition) is 4. The first-order valence-corrected chi connectivity index (χ1v) is 6.18. The van der Waals surface area contributed by atoms with Crippen molar-refractivity contribution in [3.8, 4) is 0 Å². The molecule has 1 aliphatic rings. The average Bonchev–Trinajstić information content (AvgIpc) is 2.74. The lowest BCUT2D eigenvalue weighted by Crippen LogP contribution is -2.17. The molecule has 90 valence electrons. The lowest BCUT2D eigenvalue weighted by Gasteiger charge is -2.23. The van der Waals surface area contributed by atoms with E-state index >= 15 is 0 Å². The normalized spacial score (nSPS) is 20.9. The summed E-state index contributed by atoms with van der Waals surface area (Å²) in [6.07, 6.45) is 4.83. The van der Waals surface area contributed by atoms with Crippen LogP contribution < -0.4 is 0 Å². The van der Waals surface area contributed by atoms with Crippen LogP contribution in [0.25, 0.3) is 11.2 Å². The monoisotopic (exact) mass is 272 g/mol. The maximum absolute atomic E-state index is 5.96. The first-order chi connectivity index (χ1) is 8.25. The summed E-state index contributed by atoms with van der Waals surface area (Å²) >= 11 is 11.8. The minimum absolute atomic E-state index is 0.0317. The van der Waals surface area contributed by atoms with Gasteiger partial charge in [-0.1, -0.05) is 11.6 Å². The van der Waals surface area contributed by atoms with Crippen molar-refractivity contribution < 1.29 is 4.74 Å². The van der Waals surface area contributed by atoms with E-state index in [1.807, 2.05) is 4.57 Å². The Morgan fingerprint density at radius 3 is 2.94 bits per heavy atom. The summed E-state index contributed by atoms with van der Waals surface area (Å²) in [5.74, 6) is 0. The van der Waals surface area contributed by atoms with Gasteiger partial charge in [-0.25, -0.2) is 9.97 Å². The van der Waals surface area contributed by atoms with Crippen molar-refractivity contribution in [1.82, 2.24) is 19.5 Å². The second-order valence-electron chi connectivity index (χ2n) is 3.93. The van der Waals surface area contributed by atoms with E-state index in [0.29, 0.717) is 11.2 Å². The van der Waals surface area contributed by atoms with Gasteiger partial charge in [0.05, 0.1) is 6.33 Å². The number of halogens is 2. The number of ether oxygens (including phenoxy) is 1. The molecule has 0 unspecified atom stereocenters. The highest BCUT2D eigenvalue weighted by Gasteiger charge is 2.20. The zero-order valence-corrected chi connectivity index (χ0v) is 10.4. The largest absolute Gasteiger partial charge is 0.358 e. The lowest BCUT2D eigenvalue weighted by molar-refractivity contribution is -0.0298. The van der Waals surface area contributed by atoms with Crippen molar-refractivity contribution in [2.75, 3.05) is 6.61 Å². The van der Waals surface area contributed by atoms with Crippen LogP contribution in [-0.2, 0) is 4.74 Å². The van der Waals surface area contributed by atoms with E-state index in [4.69, 9.17) is 27.9 Å². The van der Waals surface area contributed by atoms with Gasteiger partial charge in [0.15, 0.2) is 10.8 Å². The van der Waals surface area contributed by atoms with Gasteiger partial charge in [-0.15, -0.1) is 0 Å². The highest BCUT2D eigenvalue weighted by atomic mass is 35.5. The third kappa shape index (κ3) is 1.99. The minimum Gasteiger partial charge on any atom is -0.358 e. The van der Waals surface area contributed by atoms with Crippen LogP contribution in [0.5, 0.6) is 0 Å². The van der Waals surface area contributed by atoms with Crippen molar-refractivity contribution in [2.45, 2.75) is 25.5 Å². The Morgan fingerprint density at radius 1 is 1.29 bits per heavy atom. The van der Waals surface area contributed by atoms with Gasteiger partial charge in [0, 0.05) is 6.61 Å². The SMILES string of the molecule is Clc1nc(Cl)c2ncn([C@@H]3CCCCO3)c2n1. The van der Waals surface area contributed by atoms with Gasteiger partial charge in [-0.2, -0.15) is 4.98 Å². The first kappa shape index (κ1) is 11.2. The molecule has 3 heterocycles. The van der Waals surface area contributed by atoms with Gasteiger partial charge in [0.2, 0.25) is 5.28 Å². The highest BCUT2D eigenvalue weighted by Crippen LogP contribution is 2.28. The third-order valence-electron chi connectivity index (χ3n) is 2.82. The summed E-state index contributed by atoms with van der Waals surface area (Å²) in [5.41, 5.74) is 1.19. The molecular weight excluding hydrogens is 263 g/mol. The standard InChI is InChI=1S/C10H10Cl2N4O/c11-8-7-9(15-10(12)14-8)16(5-13-7)6-3-1-2-4-17-6/h5-6H,1-4H2/t6-/m0/s1. The molecule has 0 amide bonds. The van der Waals surface area contributed by atoms with Crippen molar-refractivity contribution >= 4 is 34.4 Å². The molecule has 0 aliphatic carbocycles. The van der Waals surface area contributed by atoms with Crippen LogP contribution in [-0.4, -0.2) is 26.1 Å². The van der Waals surface area contributed by atoms with E-state index in [-0.39, 0.29) is 16.7 Å². The second kappa shape index (κ2) is 4.40. The van der Waals surface area contributed by atoms with Gasteiger partial charge < -0.3 is 4.74 Å². The number of rotatable bonds is 1. The molecule has 0 radical (unpaired) electrons. The van der Waals surface area contributed by atoms with Crippen molar-refractivity contribution in [1.29, 1.82) is 0 Å². The number of hydrogen-bond donors (Lipinski definition) is 0. The van der Waals surface area contributed by atoms with Gasteiger partial charge in [0.25, 0.3) is 0 Å². The molecule has 17 heavy (non-hydrogen) atoms. The fourth-order valence-corrected chi connectivity index (χ4v) is 2.43. The van der Waals surface area contributed by atoms with Crippen molar-refractivity contribution in [3.63, 3.8) is 0 Å². The summed E-state index contributed by atoms with van der Waals surface area (Å²) < 4.78 is 7.56. The number of nitrogens with zero attached hydrogens (tertiary/aromatic N) is 4. The summed E-state index contributed by atoms with van der Waals surface area (Å²) in [5, 5.41) is 0.398. The van der Waals surface area contributed by atoms with Gasteiger partial charge in [-0.3, -0.25) is 4.57 Å². The zero-order chi connectivity index (χ0) is 11.8. The van der Waals surface area contributed by atoms with Crippen LogP contribution in [0.3, 0.4) is 0 Å². The molecule has 5 nitrogen and oxygen atoms in total. The fourth-order valence-electron chi connectivity index (χ4n) is 2.01. The summed E-state index contributed by atoms with van der Waals surface area (Å²) in [6.45, 7) is 0.761. The Bertz CT molecular complexity index is 550. The summed E-state index contributed by atoms with van der Waals surface area (Å²) in [4.78, 5) is 12.2. The van der Waals surface area contributed by atoms with E-state index in [1.165, 1.54) is 0 Å². The quantitative estimate of drug-likeness (QED) is 0.592. The maximum Gasteiger partial charge on any atom is 0.225 e. The molecule has 1 fully saturated rings. The van der Waals surface area contributed by atoms with E-state index in [0.717, 1.165) is 25.9 Å². The molecule has 0 N–H and O–H groups in total. The number of fused-ring (bicyclic) bond motifs is 1. The van der Waals surface area contributed by atoms with E-state index in [9.17, 15) is 0 Å². The predicted octanol–water partition coefficient (Wildman–Crippen LogP) is 2.83. The van der Waals surface area contributed by atoms with Gasteiger partial charge >= 0.3 is 0 Å². The Labute approximate surface area is 108 Å². The molecule has 0 bridgehead atoms. The van der Waals surface area contributed by atoms with Gasteiger partial charge in [-0.05, 0) is 30.9 Å². The topological polar surface area (TPSA) is 52.8 Å². The molecule has 7 heteroatoms. The Morgan fingerprint density at radius 2 is 2.18 bits per heavy atom. The third-order valence-corrected chi connectivity index (χ3v) is 3.25. The molecule has 1 saturated heterocycles. The highest BCUT2D eigenvalue weighted by molar-refractivity contribution is 6.35. The molecule has 3 rings (SSSR count). The smallest absolute Gasteiger partial charge is 0.225 e. The van der Waals surface area contributed by atoms with E-state index < -0.39 is 0 Å². The van der Waals surface area contributed by atoms with Crippen LogP contribution >= 0.6 is 23.2 Å². The molecular formula is C10H10Cl2N4O. The fraction of sp³-hybridized carbons (Fsp3) is 0.500. The Balaban J connectivity index is 2.10. The summed E-state index contributed by atoms with van der Waals surface area (Å²) in [7, 11) is 0. The molecule has 0 spiro atoms. The maximum atomic E-state index is 5.96. The molecule has 1 aliphatic heterocycles. The lowest BCUT2D eigenvalue weighted by atomic mass is 10.2. The molecule has 1 atom stereocenters. The number of aromatic nitrogens is 4. The van der Waals surface area contributed by atoms with Crippen LogP contribution in [0.2, 0.25) is 10.4 Å². The Hall–Kier alpha value is -0.910. The van der Waals surface area contributed by atoms with Crippen molar-refractivity contribution in [3.05, 3.63) is 16.8 Å². The summed E-state index contributed by atoms with van der Waals surface area (Å²) in [6, 6.07) is 0. The zero-order valence-electron chi connectivity index (χ0n) is 8.94.